The van der Waals surface area contributed by atoms with Gasteiger partial charge in [0.1, 0.15) is 0 Å². The maximum Gasteiger partial charge on any atom is 0.00238 e. The molecule has 0 saturated heterocycles. The number of hydrogen-bond acceptors (Lipinski definition) is 4. The van der Waals surface area contributed by atoms with Gasteiger partial charge in [0.05, 0.1) is 0 Å². The van der Waals surface area contributed by atoms with E-state index in [0.29, 0.717) is 0 Å². The van der Waals surface area contributed by atoms with Crippen LogP contribution >= 0.6 is 47.0 Å². The molecule has 4 heteroatoms. The monoisotopic (exact) mass is 269 g/mol. The third-order valence-corrected chi connectivity index (χ3v) is 5.89. The molecule has 0 aromatic heterocycles. The molecule has 0 nitrogen and oxygen atoms in total. The molecule has 0 saturated carbocycles. The second-order valence-electron chi connectivity index (χ2n) is 2.53. The Balaban J connectivity index is 2.78. The van der Waals surface area contributed by atoms with Gasteiger partial charge in [0.25, 0.3) is 0 Å². The Hall–Kier alpha value is 1.40. The van der Waals surface area contributed by atoms with Gasteiger partial charge in [0.2, 0.25) is 0 Å². The average molecular weight is 270 g/mol. The van der Waals surface area contributed by atoms with Gasteiger partial charge in [0, 0.05) is 34.5 Å². The topological polar surface area (TPSA) is 0 Å². The third kappa shape index (κ3) is 13.4. The summed E-state index contributed by atoms with van der Waals surface area (Å²) in [5.41, 5.74) is 0. The van der Waals surface area contributed by atoms with Gasteiger partial charge in [-0.05, 0) is 18.4 Å². The lowest BCUT2D eigenvalue weighted by Crippen LogP contribution is -1.92. The molecule has 85 valence electrons. The fourth-order valence-corrected chi connectivity index (χ4v) is 4.53. The summed E-state index contributed by atoms with van der Waals surface area (Å²) in [6.07, 6.45) is 0. The highest BCUT2D eigenvalue weighted by atomic mass is 32.2. The van der Waals surface area contributed by atoms with Gasteiger partial charge in [-0.25, -0.2) is 0 Å². The van der Waals surface area contributed by atoms with E-state index < -0.39 is 0 Å². The van der Waals surface area contributed by atoms with Crippen molar-refractivity contribution in [1.82, 2.24) is 0 Å². The SMILES string of the molecule is [CH2]CSCCSCCSCCSCC. The van der Waals surface area contributed by atoms with Gasteiger partial charge in [-0.3, -0.25) is 0 Å². The first-order valence-electron chi connectivity index (χ1n) is 5.02. The van der Waals surface area contributed by atoms with Gasteiger partial charge in [-0.15, -0.1) is 0 Å². The van der Waals surface area contributed by atoms with Crippen molar-refractivity contribution in [1.29, 1.82) is 0 Å². The molecule has 14 heavy (non-hydrogen) atoms. The van der Waals surface area contributed by atoms with Crippen LogP contribution in [-0.4, -0.2) is 46.0 Å². The number of hydrogen-bond donors (Lipinski definition) is 0. The van der Waals surface area contributed by atoms with Crippen molar-refractivity contribution in [2.75, 3.05) is 46.0 Å². The van der Waals surface area contributed by atoms with E-state index >= 15 is 0 Å². The second kappa shape index (κ2) is 14.4. The normalized spacial score (nSPS) is 10.7. The van der Waals surface area contributed by atoms with E-state index in [1.54, 1.807) is 0 Å². The van der Waals surface area contributed by atoms with E-state index in [1.807, 2.05) is 23.5 Å². The molecule has 0 unspecified atom stereocenters. The van der Waals surface area contributed by atoms with Crippen LogP contribution in [0.15, 0.2) is 0 Å². The molecule has 0 heterocycles. The maximum absolute atomic E-state index is 3.81. The van der Waals surface area contributed by atoms with Crippen LogP contribution in [0.25, 0.3) is 0 Å². The smallest absolute Gasteiger partial charge is 0.00238 e. The molecular weight excluding hydrogens is 248 g/mol. The van der Waals surface area contributed by atoms with Crippen molar-refractivity contribution < 1.29 is 0 Å². The third-order valence-electron chi connectivity index (χ3n) is 1.46. The Morgan fingerprint density at radius 2 is 1.14 bits per heavy atom. The summed E-state index contributed by atoms with van der Waals surface area (Å²) in [6, 6.07) is 0. The highest BCUT2D eigenvalue weighted by molar-refractivity contribution is 8.05. The number of rotatable bonds is 11. The minimum atomic E-state index is 1.02. The van der Waals surface area contributed by atoms with E-state index in [-0.39, 0.29) is 0 Å². The van der Waals surface area contributed by atoms with E-state index in [0.717, 1.165) is 5.75 Å². The van der Waals surface area contributed by atoms with Gasteiger partial charge >= 0.3 is 0 Å². The lowest BCUT2D eigenvalue weighted by atomic mass is 10.9. The molecule has 0 aliphatic heterocycles. The lowest BCUT2D eigenvalue weighted by Gasteiger charge is -2.01. The van der Waals surface area contributed by atoms with Crippen LogP contribution in [0.1, 0.15) is 6.92 Å². The predicted octanol–water partition coefficient (Wildman–Crippen LogP) is 3.77. The van der Waals surface area contributed by atoms with Gasteiger partial charge in [0.15, 0.2) is 0 Å². The zero-order valence-corrected chi connectivity index (χ0v) is 12.3. The first-order chi connectivity index (χ1) is 6.91. The summed E-state index contributed by atoms with van der Waals surface area (Å²) < 4.78 is 0. The van der Waals surface area contributed by atoms with Crippen molar-refractivity contribution in [3.8, 4) is 0 Å². The number of thioether (sulfide) groups is 4. The molecule has 0 fully saturated rings. The van der Waals surface area contributed by atoms with E-state index in [2.05, 4.69) is 37.4 Å². The summed E-state index contributed by atoms with van der Waals surface area (Å²) in [5.74, 6) is 10.1. The fourth-order valence-electron chi connectivity index (χ4n) is 0.804. The van der Waals surface area contributed by atoms with Crippen LogP contribution in [0, 0.1) is 6.92 Å². The van der Waals surface area contributed by atoms with Crippen molar-refractivity contribution in [2.24, 2.45) is 0 Å². The highest BCUT2D eigenvalue weighted by Crippen LogP contribution is 2.11. The molecule has 0 N–H and O–H groups in total. The van der Waals surface area contributed by atoms with E-state index in [4.69, 9.17) is 0 Å². The van der Waals surface area contributed by atoms with Crippen molar-refractivity contribution in [2.45, 2.75) is 6.92 Å². The molecule has 0 aromatic rings. The molecule has 1 radical (unpaired) electrons. The molecule has 0 atom stereocenters. The van der Waals surface area contributed by atoms with Crippen LogP contribution < -0.4 is 0 Å². The van der Waals surface area contributed by atoms with Crippen LogP contribution in [0.3, 0.4) is 0 Å². The molecule has 0 aliphatic rings. The second-order valence-corrected chi connectivity index (χ2v) is 7.60. The average Bonchev–Trinajstić information content (AvgIpc) is 2.21. The largest absolute Gasteiger partial charge is 0.161 e. The molecule has 0 rings (SSSR count). The van der Waals surface area contributed by atoms with E-state index in [9.17, 15) is 0 Å². The van der Waals surface area contributed by atoms with Crippen molar-refractivity contribution in [3.05, 3.63) is 6.92 Å². The quantitative estimate of drug-likeness (QED) is 0.523. The van der Waals surface area contributed by atoms with E-state index in [1.165, 1.54) is 40.3 Å². The first kappa shape index (κ1) is 15.4. The Kier molecular flexibility index (Phi) is 15.8. The Bertz CT molecular complexity index is 86.1. The molecule has 0 aliphatic carbocycles. The van der Waals surface area contributed by atoms with Gasteiger partial charge in [-0.1, -0.05) is 6.92 Å². The zero-order chi connectivity index (χ0) is 10.5. The predicted molar refractivity (Wildman–Crippen MR) is 80.3 cm³/mol. The van der Waals surface area contributed by atoms with Gasteiger partial charge in [-0.2, -0.15) is 47.0 Å². The Morgan fingerprint density at radius 3 is 1.57 bits per heavy atom. The zero-order valence-electron chi connectivity index (χ0n) is 9.00. The summed E-state index contributed by atoms with van der Waals surface area (Å²) >= 11 is 8.16. The summed E-state index contributed by atoms with van der Waals surface area (Å²) in [7, 11) is 0. The highest BCUT2D eigenvalue weighted by Gasteiger charge is 1.91. The van der Waals surface area contributed by atoms with Crippen LogP contribution in [0.2, 0.25) is 0 Å². The lowest BCUT2D eigenvalue weighted by molar-refractivity contribution is 1.45. The minimum absolute atomic E-state index is 1.02. The van der Waals surface area contributed by atoms with Crippen LogP contribution in [0.5, 0.6) is 0 Å². The first-order valence-corrected chi connectivity index (χ1v) is 9.64. The Morgan fingerprint density at radius 1 is 0.714 bits per heavy atom. The summed E-state index contributed by atoms with van der Waals surface area (Å²) in [6.45, 7) is 6.04. The summed E-state index contributed by atoms with van der Waals surface area (Å²) in [5, 5.41) is 0. The molecule has 0 bridgehead atoms. The standard InChI is InChI=1S/C10H21S4/c1-3-11-5-7-13-9-10-14-8-6-12-4-2/h1,3-10H2,2H3. The molecule has 0 amide bonds. The fraction of sp³-hybridized carbons (Fsp3) is 0.900. The van der Waals surface area contributed by atoms with Crippen molar-refractivity contribution >= 4 is 47.0 Å². The molecule has 0 spiro atoms. The van der Waals surface area contributed by atoms with Crippen molar-refractivity contribution in [3.63, 3.8) is 0 Å². The Labute approximate surface area is 107 Å². The van der Waals surface area contributed by atoms with Crippen LogP contribution in [-0.2, 0) is 0 Å². The summed E-state index contributed by atoms with van der Waals surface area (Å²) in [4.78, 5) is 0. The van der Waals surface area contributed by atoms with Crippen LogP contribution in [0.4, 0.5) is 0 Å². The maximum atomic E-state index is 3.81. The molecular formula is C10H21S4. The minimum Gasteiger partial charge on any atom is -0.161 e. The van der Waals surface area contributed by atoms with Gasteiger partial charge < -0.3 is 0 Å². The molecule has 0 aromatic carbocycles.